The van der Waals surface area contributed by atoms with Crippen LogP contribution in [0.15, 0.2) is 12.2 Å². The fraction of sp³-hybridized carbons (Fsp3) is 0.833. The third-order valence-electron chi connectivity index (χ3n) is 5.12. The highest BCUT2D eigenvalue weighted by atomic mass is 16.5. The molecule has 26 heavy (non-hydrogen) atoms. The van der Waals surface area contributed by atoms with Crippen LogP contribution in [0.25, 0.3) is 0 Å². The van der Waals surface area contributed by atoms with Crippen molar-refractivity contribution in [3.05, 3.63) is 26.0 Å². The Morgan fingerprint density at radius 1 is 0.731 bits per heavy atom. The molecule has 0 aliphatic carbocycles. The molecule has 0 aliphatic heterocycles. The van der Waals surface area contributed by atoms with E-state index in [-0.39, 0.29) is 5.54 Å². The Balaban J connectivity index is 3.21. The van der Waals surface area contributed by atoms with Crippen LogP contribution in [0.2, 0.25) is 0 Å². The normalized spacial score (nSPS) is 12.5. The van der Waals surface area contributed by atoms with Gasteiger partial charge in [0.1, 0.15) is 0 Å². The van der Waals surface area contributed by atoms with Crippen molar-refractivity contribution < 1.29 is 4.74 Å². The summed E-state index contributed by atoms with van der Waals surface area (Å²) in [6.45, 7) is 11.9. The van der Waals surface area contributed by atoms with E-state index >= 15 is 0 Å². The number of nitrogens with zero attached hydrogens (tertiary/aromatic N) is 1. The Bertz CT molecular complexity index is 309. The topological polar surface area (TPSA) is 12.5 Å². The molecule has 0 unspecified atom stereocenters. The third-order valence-corrected chi connectivity index (χ3v) is 5.12. The molecule has 2 heteroatoms. The molecule has 0 aromatic rings. The molecule has 0 aromatic carbocycles. The zero-order valence-corrected chi connectivity index (χ0v) is 18.2. The van der Waals surface area contributed by atoms with Gasteiger partial charge in [-0.15, -0.1) is 0 Å². The van der Waals surface area contributed by atoms with E-state index in [4.69, 9.17) is 4.74 Å². The van der Waals surface area contributed by atoms with Crippen LogP contribution in [-0.4, -0.2) is 37.7 Å². The van der Waals surface area contributed by atoms with Gasteiger partial charge in [-0.3, -0.25) is 0 Å². The third kappa shape index (κ3) is 17.1. The Labute approximate surface area is 165 Å². The first-order valence-electron chi connectivity index (χ1n) is 11.1. The number of allylic oxidation sites excluding steroid dienone is 2. The molecule has 0 saturated carbocycles. The van der Waals surface area contributed by atoms with Crippen LogP contribution in [0.5, 0.6) is 0 Å². The molecule has 0 bridgehead atoms. The van der Waals surface area contributed by atoms with Gasteiger partial charge in [-0.25, -0.2) is 0 Å². The van der Waals surface area contributed by atoms with Crippen molar-refractivity contribution in [3.63, 3.8) is 0 Å². The predicted molar refractivity (Wildman–Crippen MR) is 117 cm³/mol. The lowest BCUT2D eigenvalue weighted by Crippen LogP contribution is -2.43. The van der Waals surface area contributed by atoms with E-state index in [0.717, 1.165) is 13.0 Å². The van der Waals surface area contributed by atoms with Crippen LogP contribution < -0.4 is 0 Å². The maximum absolute atomic E-state index is 5.70. The Morgan fingerprint density at radius 3 is 1.69 bits per heavy atom. The summed E-state index contributed by atoms with van der Waals surface area (Å²) in [5, 5.41) is 0. The Morgan fingerprint density at radius 2 is 1.19 bits per heavy atom. The molecule has 2 radical (unpaired) electrons. The molecule has 0 spiro atoms. The molecule has 2 nitrogen and oxygen atoms in total. The van der Waals surface area contributed by atoms with Crippen molar-refractivity contribution in [1.82, 2.24) is 4.90 Å². The first kappa shape index (κ1) is 25.7. The fourth-order valence-corrected chi connectivity index (χ4v) is 2.84. The lowest BCUT2D eigenvalue weighted by atomic mass is 10.1. The molecule has 0 heterocycles. The fourth-order valence-electron chi connectivity index (χ4n) is 2.84. The summed E-state index contributed by atoms with van der Waals surface area (Å²) in [4.78, 5) is 2.01. The molecule has 0 aliphatic rings. The SMILES string of the molecule is [CH2]C([CH2])(COCCCCCCCC/C=C\CCCCCCCC)N(C)C. The maximum atomic E-state index is 5.70. The van der Waals surface area contributed by atoms with Crippen molar-refractivity contribution in [2.75, 3.05) is 27.3 Å². The van der Waals surface area contributed by atoms with Gasteiger partial charge >= 0.3 is 0 Å². The first-order chi connectivity index (χ1) is 12.5. The second kappa shape index (κ2) is 18.0. The number of hydrogen-bond donors (Lipinski definition) is 0. The molecule has 0 amide bonds. The smallest absolute Gasteiger partial charge is 0.0650 e. The monoisotopic (exact) mass is 365 g/mol. The van der Waals surface area contributed by atoms with Crippen molar-refractivity contribution in [2.24, 2.45) is 0 Å². The first-order valence-corrected chi connectivity index (χ1v) is 11.1. The van der Waals surface area contributed by atoms with Crippen molar-refractivity contribution in [3.8, 4) is 0 Å². The predicted octanol–water partition coefficient (Wildman–Crippen LogP) is 7.01. The highest BCUT2D eigenvalue weighted by molar-refractivity contribution is 4.93. The van der Waals surface area contributed by atoms with E-state index in [1.54, 1.807) is 0 Å². The molecular weight excluding hydrogens is 318 g/mol. The van der Waals surface area contributed by atoms with Crippen molar-refractivity contribution in [2.45, 2.75) is 102 Å². The average molecular weight is 366 g/mol. The summed E-state index contributed by atoms with van der Waals surface area (Å²) in [5.74, 6) is 0. The second-order valence-electron chi connectivity index (χ2n) is 8.11. The van der Waals surface area contributed by atoms with Gasteiger partial charge in [0.2, 0.25) is 0 Å². The van der Waals surface area contributed by atoms with Crippen LogP contribution in [0.1, 0.15) is 96.8 Å². The quantitative estimate of drug-likeness (QED) is 0.180. The molecular formula is C24H47NO. The average Bonchev–Trinajstić information content (AvgIpc) is 2.60. The zero-order chi connectivity index (χ0) is 19.5. The highest BCUT2D eigenvalue weighted by Crippen LogP contribution is 2.11. The van der Waals surface area contributed by atoms with Crippen LogP contribution in [0.4, 0.5) is 0 Å². The second-order valence-corrected chi connectivity index (χ2v) is 8.11. The summed E-state index contributed by atoms with van der Waals surface area (Å²) in [6, 6.07) is 0. The summed E-state index contributed by atoms with van der Waals surface area (Å²) in [5.41, 5.74) is -0.359. The highest BCUT2D eigenvalue weighted by Gasteiger charge is 2.20. The lowest BCUT2D eigenvalue weighted by molar-refractivity contribution is 0.0601. The van der Waals surface area contributed by atoms with Crippen LogP contribution >= 0.6 is 0 Å². The van der Waals surface area contributed by atoms with E-state index in [1.807, 2.05) is 19.0 Å². The molecule has 0 aromatic heterocycles. The van der Waals surface area contributed by atoms with Gasteiger partial charge in [0.15, 0.2) is 0 Å². The number of likely N-dealkylation sites (N-methyl/N-ethyl adjacent to an activating group) is 1. The van der Waals surface area contributed by atoms with Gasteiger partial charge in [0.25, 0.3) is 0 Å². The van der Waals surface area contributed by atoms with Gasteiger partial charge in [0, 0.05) is 12.1 Å². The largest absolute Gasteiger partial charge is 0.380 e. The molecule has 0 N–H and O–H groups in total. The Hall–Kier alpha value is -0.340. The minimum atomic E-state index is -0.359. The zero-order valence-electron chi connectivity index (χ0n) is 18.2. The Kier molecular flexibility index (Phi) is 17.8. The standard InChI is InChI=1S/C24H47NO/c1-6-7-8-9-10-11-12-13-14-15-16-17-18-19-20-21-22-26-23-24(2,3)25(4)5/h13-14H,2-3,6-12,15-23H2,1,4-5H3/b14-13-. The van der Waals surface area contributed by atoms with E-state index in [0.29, 0.717) is 6.61 Å². The number of unbranched alkanes of at least 4 members (excludes halogenated alkanes) is 12. The summed E-state index contributed by atoms with van der Waals surface area (Å²) < 4.78 is 5.70. The minimum Gasteiger partial charge on any atom is -0.380 e. The van der Waals surface area contributed by atoms with E-state index in [9.17, 15) is 0 Å². The maximum Gasteiger partial charge on any atom is 0.0650 e. The summed E-state index contributed by atoms with van der Waals surface area (Å²) >= 11 is 0. The van der Waals surface area contributed by atoms with E-state index in [1.165, 1.54) is 83.5 Å². The van der Waals surface area contributed by atoms with Crippen LogP contribution in [-0.2, 0) is 4.74 Å². The minimum absolute atomic E-state index is 0.359. The molecule has 0 atom stereocenters. The van der Waals surface area contributed by atoms with Gasteiger partial charge in [0.05, 0.1) is 6.61 Å². The van der Waals surface area contributed by atoms with Gasteiger partial charge in [-0.05, 0) is 60.0 Å². The lowest BCUT2D eigenvalue weighted by Gasteiger charge is -2.31. The van der Waals surface area contributed by atoms with Gasteiger partial charge in [-0.2, -0.15) is 0 Å². The number of ether oxygens (including phenoxy) is 1. The van der Waals surface area contributed by atoms with Crippen molar-refractivity contribution in [1.29, 1.82) is 0 Å². The molecule has 0 saturated heterocycles. The van der Waals surface area contributed by atoms with Crippen LogP contribution in [0.3, 0.4) is 0 Å². The molecule has 0 fully saturated rings. The molecule has 154 valence electrons. The summed E-state index contributed by atoms with van der Waals surface area (Å²) in [7, 11) is 3.99. The van der Waals surface area contributed by atoms with E-state index in [2.05, 4.69) is 32.9 Å². The number of rotatable bonds is 19. The van der Waals surface area contributed by atoms with E-state index < -0.39 is 0 Å². The number of hydrogen-bond acceptors (Lipinski definition) is 2. The van der Waals surface area contributed by atoms with Crippen molar-refractivity contribution >= 4 is 0 Å². The summed E-state index contributed by atoms with van der Waals surface area (Å²) in [6.07, 6.45) is 23.6. The van der Waals surface area contributed by atoms with Gasteiger partial charge in [-0.1, -0.05) is 76.9 Å². The van der Waals surface area contributed by atoms with Crippen LogP contribution in [0, 0.1) is 13.8 Å². The van der Waals surface area contributed by atoms with Gasteiger partial charge < -0.3 is 9.64 Å². The molecule has 0 rings (SSSR count).